The first-order chi connectivity index (χ1) is 13.7. The molecule has 0 radical (unpaired) electrons. The van der Waals surface area contributed by atoms with Crippen molar-refractivity contribution < 1.29 is 27.6 Å². The second-order valence-corrected chi connectivity index (χ2v) is 6.04. The highest BCUT2D eigenvalue weighted by Gasteiger charge is 2.30. The summed E-state index contributed by atoms with van der Waals surface area (Å²) in [7, 11) is 0. The third kappa shape index (κ3) is 4.13. The molecule has 0 bridgehead atoms. The molecule has 0 aliphatic heterocycles. The van der Waals surface area contributed by atoms with E-state index in [9.17, 15) is 28.1 Å². The summed E-state index contributed by atoms with van der Waals surface area (Å²) in [4.78, 5) is 26.1. The smallest absolute Gasteiger partial charge is 0.416 e. The van der Waals surface area contributed by atoms with Crippen molar-refractivity contribution in [2.75, 3.05) is 6.61 Å². The summed E-state index contributed by atoms with van der Waals surface area (Å²) in [6, 6.07) is 11.6. The van der Waals surface area contributed by atoms with Gasteiger partial charge < -0.3 is 9.72 Å². The van der Waals surface area contributed by atoms with Crippen LogP contribution >= 0.6 is 0 Å². The number of carbonyl (C=O) groups excluding carboxylic acids is 1. The average molecular weight is 404 g/mol. The average Bonchev–Trinajstić information content (AvgIpc) is 3.13. The summed E-state index contributed by atoms with van der Waals surface area (Å²) in [5.74, 6) is -0.699. The van der Waals surface area contributed by atoms with Crippen molar-refractivity contribution in [3.63, 3.8) is 0 Å². The molecule has 0 amide bonds. The number of benzene rings is 2. The third-order valence-electron chi connectivity index (χ3n) is 4.21. The van der Waals surface area contributed by atoms with E-state index < -0.39 is 22.6 Å². The predicted molar refractivity (Wildman–Crippen MR) is 99.3 cm³/mol. The molecule has 0 fully saturated rings. The molecule has 1 aromatic heterocycles. The van der Waals surface area contributed by atoms with Crippen molar-refractivity contribution in [2.24, 2.45) is 0 Å². The molecule has 0 unspecified atom stereocenters. The van der Waals surface area contributed by atoms with E-state index in [-0.39, 0.29) is 29.1 Å². The quantitative estimate of drug-likeness (QED) is 0.348. The number of nitrogens with zero attached hydrogens (tertiary/aromatic N) is 1. The Labute approximate surface area is 163 Å². The number of aromatic amines is 1. The van der Waals surface area contributed by atoms with Crippen molar-refractivity contribution in [3.8, 4) is 22.5 Å². The zero-order valence-corrected chi connectivity index (χ0v) is 15.1. The first-order valence-electron chi connectivity index (χ1n) is 8.54. The molecule has 0 aliphatic carbocycles. The van der Waals surface area contributed by atoms with Gasteiger partial charge in [0.05, 0.1) is 33.9 Å². The number of alkyl halides is 3. The monoisotopic (exact) mass is 404 g/mol. The molecule has 2 aromatic carbocycles. The number of nitrogens with one attached hydrogen (secondary N) is 1. The van der Waals surface area contributed by atoms with Crippen molar-refractivity contribution in [1.82, 2.24) is 4.98 Å². The van der Waals surface area contributed by atoms with Gasteiger partial charge in [0, 0.05) is 11.8 Å². The van der Waals surface area contributed by atoms with Crippen LogP contribution in [0.1, 0.15) is 22.8 Å². The summed E-state index contributed by atoms with van der Waals surface area (Å²) >= 11 is 0. The number of hydrogen-bond donors (Lipinski definition) is 1. The van der Waals surface area contributed by atoms with Gasteiger partial charge in [-0.15, -0.1) is 0 Å². The number of aromatic nitrogens is 1. The normalized spacial score (nSPS) is 11.3. The van der Waals surface area contributed by atoms with Crippen molar-refractivity contribution in [3.05, 3.63) is 75.8 Å². The molecule has 3 aromatic rings. The van der Waals surface area contributed by atoms with Crippen LogP contribution in [0.3, 0.4) is 0 Å². The Morgan fingerprint density at radius 3 is 2.38 bits per heavy atom. The van der Waals surface area contributed by atoms with E-state index in [1.807, 2.05) is 0 Å². The zero-order valence-electron chi connectivity index (χ0n) is 15.1. The third-order valence-corrected chi connectivity index (χ3v) is 4.21. The van der Waals surface area contributed by atoms with Crippen LogP contribution < -0.4 is 0 Å². The fourth-order valence-electron chi connectivity index (χ4n) is 2.88. The lowest BCUT2D eigenvalue weighted by molar-refractivity contribution is -0.384. The number of H-pyrrole nitrogens is 1. The first kappa shape index (κ1) is 20.1. The van der Waals surface area contributed by atoms with Crippen molar-refractivity contribution >= 4 is 11.7 Å². The highest BCUT2D eigenvalue weighted by atomic mass is 19.4. The van der Waals surface area contributed by atoms with E-state index in [0.29, 0.717) is 11.3 Å². The Balaban J connectivity index is 2.14. The van der Waals surface area contributed by atoms with Gasteiger partial charge in [0.15, 0.2) is 0 Å². The lowest BCUT2D eigenvalue weighted by atomic mass is 10.1. The van der Waals surface area contributed by atoms with E-state index in [2.05, 4.69) is 4.98 Å². The van der Waals surface area contributed by atoms with Crippen molar-refractivity contribution in [2.45, 2.75) is 13.1 Å². The summed E-state index contributed by atoms with van der Waals surface area (Å²) in [5, 5.41) is 11.4. The predicted octanol–water partition coefficient (Wildman–Crippen LogP) is 5.45. The van der Waals surface area contributed by atoms with Gasteiger partial charge in [-0.25, -0.2) is 4.79 Å². The molecule has 0 saturated heterocycles. The van der Waals surface area contributed by atoms with Crippen LogP contribution in [0.15, 0.2) is 54.6 Å². The number of nitro groups is 1. The van der Waals surface area contributed by atoms with E-state index >= 15 is 0 Å². The number of hydrogen-bond acceptors (Lipinski definition) is 4. The zero-order chi connectivity index (χ0) is 21.2. The summed E-state index contributed by atoms with van der Waals surface area (Å²) < 4.78 is 43.4. The number of rotatable bonds is 5. The molecule has 150 valence electrons. The number of ether oxygens (including phenoxy) is 1. The molecule has 0 atom stereocenters. The SMILES string of the molecule is CCOC(=O)c1cc(-c2ccc(C(F)(F)F)cc2)[nH]c1-c1ccccc1[N+](=O)[O-]. The number of halogens is 3. The standard InChI is InChI=1S/C20H15F3N2O4/c1-2-29-19(26)15-11-16(12-7-9-13(10-8-12)20(21,22)23)24-18(15)14-5-3-4-6-17(14)25(27)28/h3-11,24H,2H2,1H3. The van der Waals surface area contributed by atoms with Crippen LogP contribution in [-0.2, 0) is 10.9 Å². The summed E-state index contributed by atoms with van der Waals surface area (Å²) in [6.45, 7) is 1.71. The van der Waals surface area contributed by atoms with E-state index in [1.54, 1.807) is 13.0 Å². The number of para-hydroxylation sites is 1. The molecule has 1 heterocycles. The molecule has 1 N–H and O–H groups in total. The second-order valence-electron chi connectivity index (χ2n) is 6.04. The Hall–Kier alpha value is -3.62. The van der Waals surface area contributed by atoms with Crippen molar-refractivity contribution in [1.29, 1.82) is 0 Å². The molecule has 0 aliphatic rings. The highest BCUT2D eigenvalue weighted by Crippen LogP contribution is 2.36. The fraction of sp³-hybridized carbons (Fsp3) is 0.150. The van der Waals surface area contributed by atoms with Crippen LogP contribution in [-0.4, -0.2) is 22.5 Å². The Morgan fingerprint density at radius 2 is 1.79 bits per heavy atom. The lowest BCUT2D eigenvalue weighted by Crippen LogP contribution is -2.05. The highest BCUT2D eigenvalue weighted by molar-refractivity contribution is 5.99. The van der Waals surface area contributed by atoms with Crippen LogP contribution in [0, 0.1) is 10.1 Å². The summed E-state index contributed by atoms with van der Waals surface area (Å²) in [6.07, 6.45) is -4.47. The maximum absolute atomic E-state index is 12.8. The van der Waals surface area contributed by atoms with E-state index in [4.69, 9.17) is 4.74 Å². The molecule has 0 saturated carbocycles. The number of carbonyl (C=O) groups is 1. The minimum absolute atomic E-state index is 0.0519. The molecule has 29 heavy (non-hydrogen) atoms. The number of esters is 1. The maximum atomic E-state index is 12.8. The van der Waals surface area contributed by atoms with Gasteiger partial charge >= 0.3 is 12.1 Å². The van der Waals surface area contributed by atoms with Gasteiger partial charge in [-0.2, -0.15) is 13.2 Å². The van der Waals surface area contributed by atoms with Crippen LogP contribution in [0.4, 0.5) is 18.9 Å². The van der Waals surface area contributed by atoms with E-state index in [1.165, 1.54) is 36.4 Å². The molecular formula is C20H15F3N2O4. The Kier molecular flexibility index (Phi) is 5.40. The minimum atomic E-state index is -4.47. The minimum Gasteiger partial charge on any atom is -0.462 e. The van der Waals surface area contributed by atoms with Crippen LogP contribution in [0.5, 0.6) is 0 Å². The molecule has 6 nitrogen and oxygen atoms in total. The Bertz CT molecular complexity index is 1060. The van der Waals surface area contributed by atoms with E-state index in [0.717, 1.165) is 12.1 Å². The van der Waals surface area contributed by atoms with Gasteiger partial charge in [-0.05, 0) is 36.8 Å². The first-order valence-corrected chi connectivity index (χ1v) is 8.54. The van der Waals surface area contributed by atoms with Gasteiger partial charge in [0.2, 0.25) is 0 Å². The van der Waals surface area contributed by atoms with Gasteiger partial charge in [-0.3, -0.25) is 10.1 Å². The van der Waals surface area contributed by atoms with Crippen LogP contribution in [0.25, 0.3) is 22.5 Å². The van der Waals surface area contributed by atoms with Crippen LogP contribution in [0.2, 0.25) is 0 Å². The molecule has 9 heteroatoms. The summed E-state index contributed by atoms with van der Waals surface area (Å²) in [5.41, 5.74) is 0.0555. The maximum Gasteiger partial charge on any atom is 0.416 e. The Morgan fingerprint density at radius 1 is 1.14 bits per heavy atom. The van der Waals surface area contributed by atoms with Gasteiger partial charge in [-0.1, -0.05) is 24.3 Å². The fourth-order valence-corrected chi connectivity index (χ4v) is 2.88. The lowest BCUT2D eigenvalue weighted by Gasteiger charge is -2.07. The second kappa shape index (κ2) is 7.78. The van der Waals surface area contributed by atoms with Gasteiger partial charge in [0.25, 0.3) is 5.69 Å². The molecule has 0 spiro atoms. The molecule has 3 rings (SSSR count). The van der Waals surface area contributed by atoms with Gasteiger partial charge in [0.1, 0.15) is 0 Å². The number of nitro benzene ring substituents is 1. The topological polar surface area (TPSA) is 85.2 Å². The largest absolute Gasteiger partial charge is 0.462 e. The molecular weight excluding hydrogens is 389 g/mol.